The van der Waals surface area contributed by atoms with Crippen LogP contribution in [0.1, 0.15) is 12.8 Å². The minimum Gasteiger partial charge on any atom is -0.493 e. The number of nitrogens with two attached hydrogens (primary N) is 1. The summed E-state index contributed by atoms with van der Waals surface area (Å²) in [5.74, 6) is 1.31. The van der Waals surface area contributed by atoms with E-state index in [0.29, 0.717) is 17.2 Å². The highest BCUT2D eigenvalue weighted by atomic mass is 16.5. The van der Waals surface area contributed by atoms with Crippen molar-refractivity contribution in [2.24, 2.45) is 0 Å². The minimum atomic E-state index is 0.639. The van der Waals surface area contributed by atoms with Gasteiger partial charge < -0.3 is 25.3 Å². The van der Waals surface area contributed by atoms with Crippen LogP contribution in [0.4, 0.5) is 11.4 Å². The normalized spacial score (nSPS) is 10.2. The summed E-state index contributed by atoms with van der Waals surface area (Å²) in [7, 11) is 4.91. The van der Waals surface area contributed by atoms with E-state index in [-0.39, 0.29) is 0 Å². The first kappa shape index (κ1) is 14.4. The van der Waals surface area contributed by atoms with Gasteiger partial charge in [0.15, 0.2) is 11.5 Å². The van der Waals surface area contributed by atoms with Gasteiger partial charge in [-0.25, -0.2) is 0 Å². The molecule has 0 atom stereocenters. The molecule has 3 N–H and O–H groups in total. The van der Waals surface area contributed by atoms with Crippen LogP contribution >= 0.6 is 0 Å². The number of nitrogen functional groups attached to an aromatic ring is 1. The fourth-order valence-corrected chi connectivity index (χ4v) is 1.64. The molecule has 0 heterocycles. The first-order valence-electron chi connectivity index (χ1n) is 5.97. The second-order valence-corrected chi connectivity index (χ2v) is 3.92. The first-order chi connectivity index (χ1) is 8.72. The van der Waals surface area contributed by atoms with Crippen molar-refractivity contribution in [1.29, 1.82) is 0 Å². The summed E-state index contributed by atoms with van der Waals surface area (Å²) in [4.78, 5) is 0. The lowest BCUT2D eigenvalue weighted by atomic mass is 10.2. The molecule has 0 amide bonds. The Labute approximate surface area is 108 Å². The number of benzene rings is 1. The number of anilines is 2. The molecule has 0 spiro atoms. The molecule has 0 saturated carbocycles. The van der Waals surface area contributed by atoms with Crippen molar-refractivity contribution in [3.05, 3.63) is 12.1 Å². The molecule has 5 heteroatoms. The fraction of sp³-hybridized carbons (Fsp3) is 0.538. The highest BCUT2D eigenvalue weighted by Gasteiger charge is 2.08. The molecule has 0 fully saturated rings. The van der Waals surface area contributed by atoms with Crippen LogP contribution in [0.15, 0.2) is 12.1 Å². The van der Waals surface area contributed by atoms with Crippen LogP contribution in [0.3, 0.4) is 0 Å². The molecule has 0 radical (unpaired) electrons. The number of methoxy groups -OCH3 is 3. The van der Waals surface area contributed by atoms with E-state index in [1.165, 1.54) is 0 Å². The summed E-state index contributed by atoms with van der Waals surface area (Å²) in [6.45, 7) is 1.63. The van der Waals surface area contributed by atoms with Crippen LogP contribution in [-0.4, -0.2) is 34.5 Å². The highest BCUT2D eigenvalue weighted by Crippen LogP contribution is 2.34. The number of unbranched alkanes of at least 4 members (excludes halogenated alkanes) is 1. The van der Waals surface area contributed by atoms with Gasteiger partial charge in [0.05, 0.1) is 25.6 Å². The lowest BCUT2D eigenvalue weighted by molar-refractivity contribution is 0.194. The van der Waals surface area contributed by atoms with E-state index >= 15 is 0 Å². The molecular formula is C13H22N2O3. The van der Waals surface area contributed by atoms with E-state index < -0.39 is 0 Å². The molecule has 0 aliphatic heterocycles. The van der Waals surface area contributed by atoms with Gasteiger partial charge in [-0.2, -0.15) is 0 Å². The van der Waals surface area contributed by atoms with Crippen molar-refractivity contribution in [3.8, 4) is 11.5 Å². The molecule has 0 unspecified atom stereocenters. The third kappa shape index (κ3) is 4.00. The van der Waals surface area contributed by atoms with Crippen molar-refractivity contribution in [2.45, 2.75) is 12.8 Å². The zero-order chi connectivity index (χ0) is 13.4. The lowest BCUT2D eigenvalue weighted by Gasteiger charge is -2.14. The van der Waals surface area contributed by atoms with E-state index in [0.717, 1.165) is 31.7 Å². The Morgan fingerprint density at radius 3 is 2.33 bits per heavy atom. The molecule has 1 rings (SSSR count). The second kappa shape index (κ2) is 7.66. The summed E-state index contributed by atoms with van der Waals surface area (Å²) in [6.07, 6.45) is 2.05. The average Bonchev–Trinajstić information content (AvgIpc) is 2.39. The predicted octanol–water partition coefficient (Wildman–Crippen LogP) is 2.12. The molecule has 0 bridgehead atoms. The van der Waals surface area contributed by atoms with Crippen LogP contribution in [0.2, 0.25) is 0 Å². The smallest absolute Gasteiger partial charge is 0.162 e. The number of hydrogen-bond acceptors (Lipinski definition) is 5. The monoisotopic (exact) mass is 254 g/mol. The fourth-order valence-electron chi connectivity index (χ4n) is 1.64. The number of rotatable bonds is 8. The lowest BCUT2D eigenvalue weighted by Crippen LogP contribution is -2.06. The van der Waals surface area contributed by atoms with E-state index in [9.17, 15) is 0 Å². The summed E-state index contributed by atoms with van der Waals surface area (Å²) in [6, 6.07) is 3.61. The van der Waals surface area contributed by atoms with E-state index in [1.54, 1.807) is 27.4 Å². The summed E-state index contributed by atoms with van der Waals surface area (Å²) in [5.41, 5.74) is 7.46. The molecule has 0 aliphatic carbocycles. The van der Waals surface area contributed by atoms with Crippen molar-refractivity contribution in [1.82, 2.24) is 0 Å². The predicted molar refractivity (Wildman–Crippen MR) is 73.6 cm³/mol. The molecule has 0 aliphatic rings. The van der Waals surface area contributed by atoms with Crippen molar-refractivity contribution < 1.29 is 14.2 Å². The van der Waals surface area contributed by atoms with Gasteiger partial charge in [-0.1, -0.05) is 0 Å². The zero-order valence-electron chi connectivity index (χ0n) is 11.3. The van der Waals surface area contributed by atoms with Crippen molar-refractivity contribution in [3.63, 3.8) is 0 Å². The van der Waals surface area contributed by atoms with Gasteiger partial charge in [-0.15, -0.1) is 0 Å². The first-order valence-corrected chi connectivity index (χ1v) is 5.97. The SMILES string of the molecule is COCCCCNc1cc(OC)c(OC)cc1N. The zero-order valence-corrected chi connectivity index (χ0v) is 11.3. The van der Waals surface area contributed by atoms with Crippen LogP contribution in [0.5, 0.6) is 11.5 Å². The largest absolute Gasteiger partial charge is 0.493 e. The Hall–Kier alpha value is -1.62. The van der Waals surface area contributed by atoms with Crippen LogP contribution in [0.25, 0.3) is 0 Å². The molecule has 5 nitrogen and oxygen atoms in total. The Bertz CT molecular complexity index is 369. The van der Waals surface area contributed by atoms with Crippen molar-refractivity contribution in [2.75, 3.05) is 45.5 Å². The van der Waals surface area contributed by atoms with Crippen molar-refractivity contribution >= 4 is 11.4 Å². The van der Waals surface area contributed by atoms with Gasteiger partial charge >= 0.3 is 0 Å². The molecular weight excluding hydrogens is 232 g/mol. The van der Waals surface area contributed by atoms with Gasteiger partial charge in [0.1, 0.15) is 0 Å². The quantitative estimate of drug-likeness (QED) is 0.549. The molecule has 0 aromatic heterocycles. The number of hydrogen-bond donors (Lipinski definition) is 2. The molecule has 1 aromatic carbocycles. The number of nitrogens with one attached hydrogen (secondary N) is 1. The Morgan fingerprint density at radius 2 is 1.72 bits per heavy atom. The van der Waals surface area contributed by atoms with Crippen LogP contribution in [-0.2, 0) is 4.74 Å². The third-order valence-electron chi connectivity index (χ3n) is 2.65. The van der Waals surface area contributed by atoms with E-state index in [4.69, 9.17) is 19.9 Å². The maximum Gasteiger partial charge on any atom is 0.162 e. The standard InChI is InChI=1S/C13H22N2O3/c1-16-7-5-4-6-15-11-9-13(18-3)12(17-2)8-10(11)14/h8-9,15H,4-7,14H2,1-3H3. The molecule has 18 heavy (non-hydrogen) atoms. The van der Waals surface area contributed by atoms with Gasteiger partial charge in [-0.3, -0.25) is 0 Å². The van der Waals surface area contributed by atoms with E-state index in [2.05, 4.69) is 5.32 Å². The van der Waals surface area contributed by atoms with Gasteiger partial charge in [0.25, 0.3) is 0 Å². The summed E-state index contributed by atoms with van der Waals surface area (Å²) >= 11 is 0. The second-order valence-electron chi connectivity index (χ2n) is 3.92. The Balaban J connectivity index is 2.59. The molecule has 102 valence electrons. The Morgan fingerprint density at radius 1 is 1.06 bits per heavy atom. The number of ether oxygens (including phenoxy) is 3. The van der Waals surface area contributed by atoms with Crippen LogP contribution < -0.4 is 20.5 Å². The molecule has 1 aromatic rings. The maximum absolute atomic E-state index is 5.94. The third-order valence-corrected chi connectivity index (χ3v) is 2.65. The van der Waals surface area contributed by atoms with E-state index in [1.807, 2.05) is 6.07 Å². The summed E-state index contributed by atoms with van der Waals surface area (Å²) < 4.78 is 15.4. The average molecular weight is 254 g/mol. The molecule has 0 saturated heterocycles. The van der Waals surface area contributed by atoms with Gasteiger partial charge in [0.2, 0.25) is 0 Å². The maximum atomic E-state index is 5.94. The summed E-state index contributed by atoms with van der Waals surface area (Å²) in [5, 5.41) is 3.28. The van der Waals surface area contributed by atoms with Crippen LogP contribution in [0, 0.1) is 0 Å². The minimum absolute atomic E-state index is 0.639. The van der Waals surface area contributed by atoms with Gasteiger partial charge in [-0.05, 0) is 12.8 Å². The highest BCUT2D eigenvalue weighted by molar-refractivity contribution is 5.71. The Kier molecular flexibility index (Phi) is 6.14. The topological polar surface area (TPSA) is 65.7 Å². The van der Waals surface area contributed by atoms with Gasteiger partial charge in [0, 0.05) is 32.4 Å².